The minimum absolute atomic E-state index is 0.0582. The number of phosphoric ester groups is 1. The van der Waals surface area contributed by atoms with Gasteiger partial charge in [-0.3, -0.25) is 18.6 Å². The van der Waals surface area contributed by atoms with Crippen molar-refractivity contribution in [2.24, 2.45) is 5.73 Å². The second kappa shape index (κ2) is 41.6. The van der Waals surface area contributed by atoms with E-state index in [-0.39, 0.29) is 38.6 Å². The third kappa shape index (κ3) is 40.7. The van der Waals surface area contributed by atoms with Crippen LogP contribution in [0.5, 0.6) is 0 Å². The molecule has 0 aromatic carbocycles. The van der Waals surface area contributed by atoms with E-state index in [2.05, 4.69) is 13.8 Å². The molecule has 0 aliphatic rings. The molecule has 322 valence electrons. The summed E-state index contributed by atoms with van der Waals surface area (Å²) in [5.74, 6) is -0.810. The molecule has 10 heteroatoms. The minimum Gasteiger partial charge on any atom is -0.462 e. The number of unbranched alkanes of at least 4 members (excludes halogenated alkanes) is 31. The highest BCUT2D eigenvalue weighted by molar-refractivity contribution is 7.47. The number of nitrogens with two attached hydrogens (primary N) is 1. The van der Waals surface area contributed by atoms with Gasteiger partial charge in [0.2, 0.25) is 0 Å². The van der Waals surface area contributed by atoms with E-state index in [0.717, 1.165) is 32.1 Å². The van der Waals surface area contributed by atoms with E-state index in [0.29, 0.717) is 6.42 Å². The first-order valence-corrected chi connectivity index (χ1v) is 24.5. The lowest BCUT2D eigenvalue weighted by Gasteiger charge is -2.19. The lowest BCUT2D eigenvalue weighted by molar-refractivity contribution is -0.161. The van der Waals surface area contributed by atoms with Crippen LogP contribution in [0.4, 0.5) is 0 Å². The van der Waals surface area contributed by atoms with Crippen LogP contribution >= 0.6 is 7.82 Å². The quantitative estimate of drug-likeness (QED) is 0.0351. The van der Waals surface area contributed by atoms with E-state index in [9.17, 15) is 19.0 Å². The zero-order valence-corrected chi connectivity index (χ0v) is 36.4. The Bertz CT molecular complexity index is 860. The Morgan fingerprint density at radius 2 is 0.796 bits per heavy atom. The van der Waals surface area contributed by atoms with E-state index in [4.69, 9.17) is 24.3 Å². The molecule has 0 bridgehead atoms. The lowest BCUT2D eigenvalue weighted by Crippen LogP contribution is -2.29. The molecule has 0 aromatic heterocycles. The SMILES string of the molecule is CCCCCCCCCCCCCCCCCCCCC(=O)OC[C@H](COP(=O)(O)OCCN)OC(=O)CCCCCCCCCCCCCCCCC. The summed E-state index contributed by atoms with van der Waals surface area (Å²) in [6.45, 7) is 3.78. The number of rotatable bonds is 44. The minimum atomic E-state index is -4.37. The maximum Gasteiger partial charge on any atom is 0.472 e. The average molecular weight is 790 g/mol. The Hall–Kier alpha value is -0.990. The lowest BCUT2D eigenvalue weighted by atomic mass is 10.0. The Morgan fingerprint density at radius 1 is 0.481 bits per heavy atom. The number of esters is 2. The van der Waals surface area contributed by atoms with Gasteiger partial charge in [0.25, 0.3) is 0 Å². The predicted molar refractivity (Wildman–Crippen MR) is 225 cm³/mol. The fourth-order valence-corrected chi connectivity index (χ4v) is 7.58. The molecule has 0 fully saturated rings. The smallest absolute Gasteiger partial charge is 0.462 e. The molecule has 0 spiro atoms. The summed E-state index contributed by atoms with van der Waals surface area (Å²) >= 11 is 0. The highest BCUT2D eigenvalue weighted by Crippen LogP contribution is 2.43. The fraction of sp³-hybridized carbons (Fsp3) is 0.955. The highest BCUT2D eigenvalue weighted by Gasteiger charge is 2.26. The summed E-state index contributed by atoms with van der Waals surface area (Å²) in [6.07, 6.45) is 41.3. The summed E-state index contributed by atoms with van der Waals surface area (Å²) in [5, 5.41) is 0. The third-order valence-electron chi connectivity index (χ3n) is 10.2. The molecule has 0 rings (SSSR count). The molecule has 3 N–H and O–H groups in total. The van der Waals surface area contributed by atoms with Crippen LogP contribution in [-0.4, -0.2) is 49.3 Å². The van der Waals surface area contributed by atoms with Gasteiger partial charge in [0.15, 0.2) is 6.10 Å². The van der Waals surface area contributed by atoms with Crippen molar-refractivity contribution in [3.05, 3.63) is 0 Å². The normalized spacial score (nSPS) is 13.2. The van der Waals surface area contributed by atoms with Crippen LogP contribution in [0.2, 0.25) is 0 Å². The van der Waals surface area contributed by atoms with Gasteiger partial charge in [0.1, 0.15) is 6.61 Å². The van der Waals surface area contributed by atoms with Crippen LogP contribution < -0.4 is 5.73 Å². The number of hydrogen-bond acceptors (Lipinski definition) is 8. The van der Waals surface area contributed by atoms with Gasteiger partial charge in [0.05, 0.1) is 13.2 Å². The molecule has 0 aliphatic heterocycles. The first-order valence-electron chi connectivity index (χ1n) is 23.0. The standard InChI is InChI=1S/C44H88NO8P/c1-3-5-7-9-11-13-15-17-19-20-21-23-24-26-28-30-32-34-36-43(46)50-40-42(41-52-54(48,49)51-39-38-45)53-44(47)37-35-33-31-29-27-25-22-18-16-14-12-10-8-6-4-2/h42H,3-41,45H2,1-2H3,(H,48,49)/t42-/m1/s1. The van der Waals surface area contributed by atoms with Gasteiger partial charge in [0, 0.05) is 19.4 Å². The third-order valence-corrected chi connectivity index (χ3v) is 11.2. The molecule has 54 heavy (non-hydrogen) atoms. The average Bonchev–Trinajstić information content (AvgIpc) is 3.16. The summed E-state index contributed by atoms with van der Waals surface area (Å²) < 4.78 is 32.8. The molecular formula is C44H88NO8P. The van der Waals surface area contributed by atoms with Gasteiger partial charge in [-0.2, -0.15) is 0 Å². The van der Waals surface area contributed by atoms with Gasteiger partial charge < -0.3 is 20.1 Å². The summed E-state index contributed by atoms with van der Waals surface area (Å²) in [7, 11) is -4.37. The van der Waals surface area contributed by atoms with Gasteiger partial charge >= 0.3 is 19.8 Å². The van der Waals surface area contributed by atoms with Gasteiger partial charge in [-0.1, -0.05) is 213 Å². The van der Waals surface area contributed by atoms with E-state index < -0.39 is 26.5 Å². The van der Waals surface area contributed by atoms with Crippen LogP contribution in [-0.2, 0) is 32.7 Å². The van der Waals surface area contributed by atoms with Crippen LogP contribution in [0.3, 0.4) is 0 Å². The van der Waals surface area contributed by atoms with Gasteiger partial charge in [-0.25, -0.2) is 4.57 Å². The van der Waals surface area contributed by atoms with Crippen molar-refractivity contribution in [1.29, 1.82) is 0 Å². The van der Waals surface area contributed by atoms with Crippen molar-refractivity contribution in [2.45, 2.75) is 245 Å². The predicted octanol–water partition coefficient (Wildman–Crippen LogP) is 13.2. The Morgan fingerprint density at radius 3 is 1.13 bits per heavy atom. The maximum atomic E-state index is 12.6. The largest absolute Gasteiger partial charge is 0.472 e. The Labute approximate surface area is 333 Å². The second-order valence-electron chi connectivity index (χ2n) is 15.6. The number of phosphoric acid groups is 1. The number of ether oxygens (including phenoxy) is 2. The molecule has 0 amide bonds. The molecule has 0 saturated heterocycles. The molecule has 0 aliphatic carbocycles. The summed E-state index contributed by atoms with van der Waals surface area (Å²) in [6, 6.07) is 0. The number of carbonyl (C=O) groups excluding carboxylic acids is 2. The maximum absolute atomic E-state index is 12.6. The van der Waals surface area contributed by atoms with Crippen LogP contribution in [0.1, 0.15) is 239 Å². The van der Waals surface area contributed by atoms with Crippen molar-refractivity contribution < 1.29 is 37.6 Å². The number of hydrogen-bond donors (Lipinski definition) is 2. The molecule has 0 heterocycles. The second-order valence-corrected chi connectivity index (χ2v) is 17.1. The highest BCUT2D eigenvalue weighted by atomic mass is 31.2. The van der Waals surface area contributed by atoms with Crippen molar-refractivity contribution in [3.8, 4) is 0 Å². The van der Waals surface area contributed by atoms with E-state index in [1.165, 1.54) is 173 Å². The zero-order chi connectivity index (χ0) is 39.6. The van der Waals surface area contributed by atoms with Crippen LogP contribution in [0, 0.1) is 0 Å². The zero-order valence-electron chi connectivity index (χ0n) is 35.5. The molecule has 1 unspecified atom stereocenters. The van der Waals surface area contributed by atoms with Gasteiger partial charge in [-0.15, -0.1) is 0 Å². The first kappa shape index (κ1) is 53.0. The van der Waals surface area contributed by atoms with Crippen LogP contribution in [0.15, 0.2) is 0 Å². The topological polar surface area (TPSA) is 134 Å². The molecule has 2 atom stereocenters. The number of carbonyl (C=O) groups is 2. The first-order chi connectivity index (χ1) is 26.3. The molecule has 0 saturated carbocycles. The van der Waals surface area contributed by atoms with Crippen molar-refractivity contribution in [3.63, 3.8) is 0 Å². The van der Waals surface area contributed by atoms with E-state index >= 15 is 0 Å². The monoisotopic (exact) mass is 790 g/mol. The molecule has 0 aromatic rings. The Balaban J connectivity index is 4.05. The Kier molecular flexibility index (Phi) is 40.9. The summed E-state index contributed by atoms with van der Waals surface area (Å²) in [5.41, 5.74) is 5.35. The molecule has 9 nitrogen and oxygen atoms in total. The van der Waals surface area contributed by atoms with E-state index in [1.54, 1.807) is 0 Å². The van der Waals surface area contributed by atoms with E-state index in [1.807, 2.05) is 0 Å². The van der Waals surface area contributed by atoms with Gasteiger partial charge in [-0.05, 0) is 12.8 Å². The van der Waals surface area contributed by atoms with Crippen molar-refractivity contribution in [1.82, 2.24) is 0 Å². The fourth-order valence-electron chi connectivity index (χ4n) is 6.81. The van der Waals surface area contributed by atoms with Crippen LogP contribution in [0.25, 0.3) is 0 Å². The molecular weight excluding hydrogens is 701 g/mol. The van der Waals surface area contributed by atoms with Crippen molar-refractivity contribution in [2.75, 3.05) is 26.4 Å². The summed E-state index contributed by atoms with van der Waals surface area (Å²) in [4.78, 5) is 34.9. The molecule has 0 radical (unpaired) electrons. The van der Waals surface area contributed by atoms with Crippen molar-refractivity contribution >= 4 is 19.8 Å².